The average molecular weight is 343 g/mol. The molecule has 0 radical (unpaired) electrons. The van der Waals surface area contributed by atoms with Gasteiger partial charge in [0.05, 0.1) is 0 Å². The molecule has 0 bridgehead atoms. The zero-order valence-electron chi connectivity index (χ0n) is 14.1. The first-order valence-corrected chi connectivity index (χ1v) is 8.39. The Kier molecular flexibility index (Phi) is 4.89. The molecule has 3 rings (SSSR count). The molecule has 0 spiro atoms. The van der Waals surface area contributed by atoms with Crippen LogP contribution in [0.3, 0.4) is 0 Å². The Morgan fingerprint density at radius 2 is 1.92 bits per heavy atom. The van der Waals surface area contributed by atoms with Crippen LogP contribution in [0.5, 0.6) is 5.75 Å². The van der Waals surface area contributed by atoms with Gasteiger partial charge in [-0.2, -0.15) is 10.1 Å². The Bertz CT molecular complexity index is 806. The van der Waals surface area contributed by atoms with E-state index in [1.165, 1.54) is 0 Å². The molecule has 24 heavy (non-hydrogen) atoms. The number of thiol groups is 1. The molecule has 0 amide bonds. The molecular weight excluding hydrogens is 322 g/mol. The number of hydrogen-bond donors (Lipinski definition) is 1. The van der Waals surface area contributed by atoms with Crippen molar-refractivity contribution in [2.75, 3.05) is 0 Å². The van der Waals surface area contributed by atoms with E-state index in [2.05, 4.69) is 34.7 Å². The number of nitrogens with zero attached hydrogens (tertiary/aromatic N) is 5. The molecule has 0 N–H and O–H groups in total. The highest BCUT2D eigenvalue weighted by atomic mass is 32.1. The zero-order valence-corrected chi connectivity index (χ0v) is 15.0. The first kappa shape index (κ1) is 16.6. The number of benzene rings is 1. The van der Waals surface area contributed by atoms with Crippen LogP contribution >= 0.6 is 12.6 Å². The Morgan fingerprint density at radius 1 is 1.17 bits per heavy atom. The van der Waals surface area contributed by atoms with Gasteiger partial charge in [0.1, 0.15) is 18.0 Å². The van der Waals surface area contributed by atoms with Gasteiger partial charge in [0.2, 0.25) is 5.82 Å². The van der Waals surface area contributed by atoms with Gasteiger partial charge in [0.15, 0.2) is 10.9 Å². The van der Waals surface area contributed by atoms with E-state index in [1.807, 2.05) is 49.0 Å². The molecule has 0 aliphatic heterocycles. The summed E-state index contributed by atoms with van der Waals surface area (Å²) in [4.78, 5) is 4.43. The van der Waals surface area contributed by atoms with Crippen LogP contribution in [0.15, 0.2) is 35.5 Å². The maximum absolute atomic E-state index is 6.09. The number of rotatable bonds is 6. The highest BCUT2D eigenvalue weighted by molar-refractivity contribution is 7.80. The molecule has 2 aromatic heterocycles. The van der Waals surface area contributed by atoms with E-state index in [0.29, 0.717) is 17.6 Å². The second-order valence-corrected chi connectivity index (χ2v) is 6.02. The van der Waals surface area contributed by atoms with Gasteiger partial charge in [-0.25, -0.2) is 4.68 Å². The van der Waals surface area contributed by atoms with Crippen molar-refractivity contribution in [2.45, 2.75) is 38.6 Å². The van der Waals surface area contributed by atoms with Crippen molar-refractivity contribution in [3.63, 3.8) is 0 Å². The van der Waals surface area contributed by atoms with E-state index < -0.39 is 0 Å². The van der Waals surface area contributed by atoms with Gasteiger partial charge in [-0.1, -0.05) is 37.3 Å². The molecule has 126 valence electrons. The molecule has 0 aliphatic carbocycles. The molecule has 3 aromatic rings. The van der Waals surface area contributed by atoms with Gasteiger partial charge < -0.3 is 4.74 Å². The highest BCUT2D eigenvalue weighted by Crippen LogP contribution is 2.32. The normalized spacial score (nSPS) is 11.0. The molecule has 0 unspecified atom stereocenters. The summed E-state index contributed by atoms with van der Waals surface area (Å²) in [5, 5.41) is 9.60. The number of hydrogen-bond acceptors (Lipinski definition) is 5. The van der Waals surface area contributed by atoms with Crippen LogP contribution in [0.1, 0.15) is 24.6 Å². The molecule has 0 fully saturated rings. The largest absolute Gasteiger partial charge is 0.485 e. The SMILES string of the molecule is CCCn1nc(C)c(OCc2ccccc2)c1-c1nc(S)n(C)n1. The summed E-state index contributed by atoms with van der Waals surface area (Å²) in [6.45, 7) is 5.32. The summed E-state index contributed by atoms with van der Waals surface area (Å²) < 4.78 is 9.64. The summed E-state index contributed by atoms with van der Waals surface area (Å²) in [7, 11) is 1.82. The van der Waals surface area contributed by atoms with Crippen LogP contribution in [0.25, 0.3) is 11.5 Å². The van der Waals surface area contributed by atoms with Crippen molar-refractivity contribution in [2.24, 2.45) is 7.05 Å². The fourth-order valence-electron chi connectivity index (χ4n) is 2.53. The monoisotopic (exact) mass is 343 g/mol. The Labute approximate surface area is 146 Å². The molecule has 0 saturated heterocycles. The molecule has 0 aliphatic rings. The van der Waals surface area contributed by atoms with Gasteiger partial charge in [-0.15, -0.1) is 17.7 Å². The van der Waals surface area contributed by atoms with E-state index in [4.69, 9.17) is 4.74 Å². The van der Waals surface area contributed by atoms with Crippen LogP contribution in [-0.2, 0) is 20.2 Å². The van der Waals surface area contributed by atoms with Crippen molar-refractivity contribution in [3.8, 4) is 17.3 Å². The molecule has 0 atom stereocenters. The van der Waals surface area contributed by atoms with Crippen molar-refractivity contribution in [3.05, 3.63) is 41.6 Å². The van der Waals surface area contributed by atoms with Gasteiger partial charge in [0.25, 0.3) is 0 Å². The third kappa shape index (κ3) is 3.31. The fraction of sp³-hybridized carbons (Fsp3) is 0.353. The highest BCUT2D eigenvalue weighted by Gasteiger charge is 2.22. The predicted molar refractivity (Wildman–Crippen MR) is 95.3 cm³/mol. The molecule has 2 heterocycles. The van der Waals surface area contributed by atoms with E-state index in [1.54, 1.807) is 4.68 Å². The Balaban J connectivity index is 1.98. The topological polar surface area (TPSA) is 57.8 Å². The van der Waals surface area contributed by atoms with Crippen molar-refractivity contribution in [1.29, 1.82) is 0 Å². The summed E-state index contributed by atoms with van der Waals surface area (Å²) >= 11 is 4.32. The van der Waals surface area contributed by atoms with E-state index in [0.717, 1.165) is 35.7 Å². The lowest BCUT2D eigenvalue weighted by Gasteiger charge is -2.08. The lowest BCUT2D eigenvalue weighted by atomic mass is 10.2. The Morgan fingerprint density at radius 3 is 2.54 bits per heavy atom. The van der Waals surface area contributed by atoms with Crippen LogP contribution in [0.4, 0.5) is 0 Å². The van der Waals surface area contributed by atoms with Crippen LogP contribution < -0.4 is 4.74 Å². The summed E-state index contributed by atoms with van der Waals surface area (Å²) in [5.74, 6) is 1.31. The maximum Gasteiger partial charge on any atom is 0.204 e. The summed E-state index contributed by atoms with van der Waals surface area (Å²) in [6, 6.07) is 10.1. The third-order valence-corrected chi connectivity index (χ3v) is 4.08. The third-order valence-electron chi connectivity index (χ3n) is 3.69. The Hall–Kier alpha value is -2.28. The second kappa shape index (κ2) is 7.09. The van der Waals surface area contributed by atoms with E-state index in [9.17, 15) is 0 Å². The van der Waals surface area contributed by atoms with E-state index >= 15 is 0 Å². The molecule has 6 nitrogen and oxygen atoms in total. The molecule has 7 heteroatoms. The van der Waals surface area contributed by atoms with Crippen LogP contribution in [-0.4, -0.2) is 24.5 Å². The minimum absolute atomic E-state index is 0.479. The van der Waals surface area contributed by atoms with E-state index in [-0.39, 0.29) is 0 Å². The van der Waals surface area contributed by atoms with Gasteiger partial charge >= 0.3 is 0 Å². The van der Waals surface area contributed by atoms with Crippen LogP contribution in [0.2, 0.25) is 0 Å². The summed E-state index contributed by atoms with van der Waals surface area (Å²) in [5.41, 5.74) is 2.75. The minimum atomic E-state index is 0.479. The van der Waals surface area contributed by atoms with Gasteiger partial charge in [0, 0.05) is 13.6 Å². The van der Waals surface area contributed by atoms with Crippen molar-refractivity contribution < 1.29 is 4.74 Å². The van der Waals surface area contributed by atoms with Gasteiger partial charge in [-0.05, 0) is 18.9 Å². The molecule has 0 saturated carbocycles. The van der Waals surface area contributed by atoms with Gasteiger partial charge in [-0.3, -0.25) is 4.68 Å². The number of ether oxygens (including phenoxy) is 1. The lowest BCUT2D eigenvalue weighted by molar-refractivity contribution is 0.305. The lowest BCUT2D eigenvalue weighted by Crippen LogP contribution is -2.04. The zero-order chi connectivity index (χ0) is 17.1. The number of aromatic nitrogens is 5. The van der Waals surface area contributed by atoms with Crippen molar-refractivity contribution >= 4 is 12.6 Å². The summed E-state index contributed by atoms with van der Waals surface area (Å²) in [6.07, 6.45) is 0.965. The number of aryl methyl sites for hydroxylation is 3. The van der Waals surface area contributed by atoms with Crippen LogP contribution in [0, 0.1) is 6.92 Å². The first-order chi connectivity index (χ1) is 11.6. The maximum atomic E-state index is 6.09. The smallest absolute Gasteiger partial charge is 0.204 e. The fourth-order valence-corrected chi connectivity index (χ4v) is 2.67. The quantitative estimate of drug-likeness (QED) is 0.698. The molecular formula is C17H21N5OS. The molecule has 1 aromatic carbocycles. The van der Waals surface area contributed by atoms with Crippen molar-refractivity contribution in [1.82, 2.24) is 24.5 Å². The second-order valence-electron chi connectivity index (χ2n) is 5.62. The average Bonchev–Trinajstić information content (AvgIpc) is 3.06. The predicted octanol–water partition coefficient (Wildman–Crippen LogP) is 3.26. The first-order valence-electron chi connectivity index (χ1n) is 7.94. The standard InChI is InChI=1S/C17H21N5OS/c1-4-10-22-14(16-18-17(24)21(3)20-16)15(12(2)19-22)23-11-13-8-6-5-7-9-13/h5-9H,4,10-11H2,1-3H3,(H,18,20,24). The minimum Gasteiger partial charge on any atom is -0.485 e.